The number of carbonyl (C=O) groups is 2. The zero-order valence-corrected chi connectivity index (χ0v) is 23.3. The summed E-state index contributed by atoms with van der Waals surface area (Å²) in [6, 6.07) is 5.64. The van der Waals surface area contributed by atoms with Gasteiger partial charge in [-0.05, 0) is 57.2 Å². The summed E-state index contributed by atoms with van der Waals surface area (Å²) in [7, 11) is 3.88. The maximum atomic E-state index is 13.3. The summed E-state index contributed by atoms with van der Waals surface area (Å²) in [6.07, 6.45) is 3.11. The fraction of sp³-hybridized carbons (Fsp3) is 0.571. The molecule has 11 nitrogen and oxygen atoms in total. The van der Waals surface area contributed by atoms with Crippen LogP contribution in [0.25, 0.3) is 11.0 Å². The first-order valence-corrected chi connectivity index (χ1v) is 14.2. The maximum absolute atomic E-state index is 13.3. The van der Waals surface area contributed by atoms with Crippen LogP contribution >= 0.6 is 0 Å². The lowest BCUT2D eigenvalue weighted by Crippen LogP contribution is -2.46. The summed E-state index contributed by atoms with van der Waals surface area (Å²) < 4.78 is 30.8. The highest BCUT2D eigenvalue weighted by Crippen LogP contribution is 2.40. The molecule has 1 atom stereocenters. The number of hydrogen-bond donors (Lipinski definition) is 2. The molecule has 2 amide bonds. The molecular formula is C28H36F2N8O3. The summed E-state index contributed by atoms with van der Waals surface area (Å²) in [5.41, 5.74) is 7.61. The predicted octanol–water partition coefficient (Wildman–Crippen LogP) is 2.59. The molecule has 2 aromatic heterocycles. The number of alkyl halides is 2. The SMILES string of the molecule is CN(CC1CC(n2cc(N)c(C(F)F)n2)C1)C1CCN(c2cccc3c2n(C)c(=O)n3C2CCC(=O)NC2=O)CC1. The van der Waals surface area contributed by atoms with Crippen molar-refractivity contribution in [2.75, 3.05) is 37.3 Å². The fourth-order valence-electron chi connectivity index (χ4n) is 6.85. The van der Waals surface area contributed by atoms with Crippen LogP contribution in [0, 0.1) is 5.92 Å². The number of nitrogen functional groups attached to an aromatic ring is 1. The molecule has 0 bridgehead atoms. The van der Waals surface area contributed by atoms with E-state index in [1.165, 1.54) is 10.8 Å². The zero-order valence-electron chi connectivity index (χ0n) is 23.3. The van der Waals surface area contributed by atoms with Crippen molar-refractivity contribution in [3.8, 4) is 0 Å². The minimum atomic E-state index is -2.66. The molecule has 6 rings (SSSR count). The Labute approximate surface area is 235 Å². The number of anilines is 2. The van der Waals surface area contributed by atoms with E-state index in [2.05, 4.69) is 27.3 Å². The topological polar surface area (TPSA) is 123 Å². The second-order valence-electron chi connectivity index (χ2n) is 11.7. The van der Waals surface area contributed by atoms with Crippen LogP contribution in [-0.4, -0.2) is 68.4 Å². The number of nitrogens with zero attached hydrogens (tertiary/aromatic N) is 6. The number of aryl methyl sites for hydroxylation is 1. The summed E-state index contributed by atoms with van der Waals surface area (Å²) >= 11 is 0. The molecule has 1 saturated carbocycles. The normalized spacial score (nSPS) is 24.0. The van der Waals surface area contributed by atoms with Crippen molar-refractivity contribution in [1.29, 1.82) is 0 Å². The second kappa shape index (κ2) is 10.6. The quantitative estimate of drug-likeness (QED) is 0.419. The Morgan fingerprint density at radius 3 is 2.54 bits per heavy atom. The summed E-state index contributed by atoms with van der Waals surface area (Å²) in [4.78, 5) is 42.2. The van der Waals surface area contributed by atoms with Crippen molar-refractivity contribution < 1.29 is 18.4 Å². The van der Waals surface area contributed by atoms with Crippen LogP contribution in [-0.2, 0) is 16.6 Å². The number of para-hydroxylation sites is 1. The molecule has 1 unspecified atom stereocenters. The number of halogens is 2. The highest BCUT2D eigenvalue weighted by atomic mass is 19.3. The molecule has 2 saturated heterocycles. The van der Waals surface area contributed by atoms with Gasteiger partial charge in [-0.3, -0.25) is 28.7 Å². The van der Waals surface area contributed by atoms with Crippen molar-refractivity contribution >= 4 is 34.2 Å². The number of fused-ring (bicyclic) bond motifs is 1. The number of imidazole rings is 1. The Balaban J connectivity index is 1.09. The third-order valence-corrected chi connectivity index (χ3v) is 9.16. The molecule has 41 heavy (non-hydrogen) atoms. The smallest absolute Gasteiger partial charge is 0.329 e. The molecule has 1 aromatic carbocycles. The van der Waals surface area contributed by atoms with E-state index < -0.39 is 18.4 Å². The first-order chi connectivity index (χ1) is 19.6. The molecule has 4 heterocycles. The molecule has 3 aromatic rings. The lowest BCUT2D eigenvalue weighted by atomic mass is 9.79. The predicted molar refractivity (Wildman–Crippen MR) is 150 cm³/mol. The molecule has 3 N–H and O–H groups in total. The molecule has 0 spiro atoms. The van der Waals surface area contributed by atoms with Gasteiger partial charge in [0.05, 0.1) is 28.5 Å². The van der Waals surface area contributed by atoms with Gasteiger partial charge in [0.15, 0.2) is 5.69 Å². The number of amides is 2. The van der Waals surface area contributed by atoms with Gasteiger partial charge in [-0.15, -0.1) is 0 Å². The number of imide groups is 1. The first-order valence-electron chi connectivity index (χ1n) is 14.2. The molecular weight excluding hydrogens is 534 g/mol. The van der Waals surface area contributed by atoms with Crippen LogP contribution in [0.4, 0.5) is 20.2 Å². The fourth-order valence-corrected chi connectivity index (χ4v) is 6.85. The molecule has 1 aliphatic carbocycles. The van der Waals surface area contributed by atoms with E-state index in [1.807, 2.05) is 18.2 Å². The van der Waals surface area contributed by atoms with Gasteiger partial charge in [-0.2, -0.15) is 5.10 Å². The Hall–Kier alpha value is -3.74. The van der Waals surface area contributed by atoms with Crippen molar-refractivity contribution in [1.82, 2.24) is 29.1 Å². The summed E-state index contributed by atoms with van der Waals surface area (Å²) in [5.74, 6) is -0.259. The van der Waals surface area contributed by atoms with Crippen LogP contribution in [0.3, 0.4) is 0 Å². The van der Waals surface area contributed by atoms with Gasteiger partial charge in [0.25, 0.3) is 6.43 Å². The van der Waals surface area contributed by atoms with E-state index in [4.69, 9.17) is 5.73 Å². The molecule has 13 heteroatoms. The summed E-state index contributed by atoms with van der Waals surface area (Å²) in [5, 5.41) is 6.37. The van der Waals surface area contributed by atoms with Crippen LogP contribution in [0.2, 0.25) is 0 Å². The van der Waals surface area contributed by atoms with E-state index in [1.54, 1.807) is 16.3 Å². The van der Waals surface area contributed by atoms with Crippen molar-refractivity contribution in [2.45, 2.75) is 63.1 Å². The van der Waals surface area contributed by atoms with Gasteiger partial charge in [0.1, 0.15) is 6.04 Å². The number of rotatable bonds is 7. The van der Waals surface area contributed by atoms with E-state index in [9.17, 15) is 23.2 Å². The number of nitrogens with one attached hydrogen (secondary N) is 1. The van der Waals surface area contributed by atoms with Crippen molar-refractivity contribution in [3.63, 3.8) is 0 Å². The Bertz CT molecular complexity index is 1530. The van der Waals surface area contributed by atoms with E-state index >= 15 is 0 Å². The molecule has 220 valence electrons. The van der Waals surface area contributed by atoms with Crippen LogP contribution < -0.4 is 21.6 Å². The lowest BCUT2D eigenvalue weighted by molar-refractivity contribution is -0.135. The van der Waals surface area contributed by atoms with Crippen LogP contribution in [0.5, 0.6) is 0 Å². The molecule has 3 aliphatic rings. The van der Waals surface area contributed by atoms with E-state index in [0.717, 1.165) is 56.5 Å². The number of aromatic nitrogens is 4. The van der Waals surface area contributed by atoms with Gasteiger partial charge in [-0.1, -0.05) is 6.07 Å². The number of hydrogen-bond acceptors (Lipinski definition) is 7. The maximum Gasteiger partial charge on any atom is 0.329 e. The van der Waals surface area contributed by atoms with Crippen molar-refractivity contribution in [2.24, 2.45) is 13.0 Å². The van der Waals surface area contributed by atoms with Crippen molar-refractivity contribution in [3.05, 3.63) is 40.6 Å². The number of piperidine rings is 2. The monoisotopic (exact) mass is 570 g/mol. The minimum Gasteiger partial charge on any atom is -0.396 e. The Morgan fingerprint density at radius 2 is 1.88 bits per heavy atom. The number of nitrogens with two attached hydrogens (primary N) is 1. The van der Waals surface area contributed by atoms with Gasteiger partial charge >= 0.3 is 5.69 Å². The molecule has 3 fully saturated rings. The third kappa shape index (κ3) is 4.89. The second-order valence-corrected chi connectivity index (χ2v) is 11.7. The summed E-state index contributed by atoms with van der Waals surface area (Å²) in [6.45, 7) is 2.61. The average molecular weight is 571 g/mol. The van der Waals surface area contributed by atoms with Gasteiger partial charge in [0.2, 0.25) is 11.8 Å². The first kappa shape index (κ1) is 27.4. The minimum absolute atomic E-state index is 0.0515. The van der Waals surface area contributed by atoms with Crippen LogP contribution in [0.15, 0.2) is 29.2 Å². The Kier molecular flexibility index (Phi) is 7.08. The van der Waals surface area contributed by atoms with Gasteiger partial charge < -0.3 is 15.5 Å². The van der Waals surface area contributed by atoms with Gasteiger partial charge in [0, 0.05) is 45.3 Å². The third-order valence-electron chi connectivity index (χ3n) is 9.16. The average Bonchev–Trinajstić information content (AvgIpc) is 3.43. The number of carbonyl (C=O) groups excluding carboxylic acids is 2. The van der Waals surface area contributed by atoms with Gasteiger partial charge in [-0.25, -0.2) is 13.6 Å². The van der Waals surface area contributed by atoms with E-state index in [0.29, 0.717) is 23.9 Å². The molecule has 0 radical (unpaired) electrons. The van der Waals surface area contributed by atoms with Crippen LogP contribution in [0.1, 0.15) is 62.7 Å². The zero-order chi connectivity index (χ0) is 29.0. The lowest BCUT2D eigenvalue weighted by Gasteiger charge is -2.42. The standard InChI is InChI=1S/C28H36F2N8O3/c1-34(14-16-12-18(13-16)37-15-19(31)24(33-37)26(29)30)17-8-10-36(11-9-17)20-4-3-5-21-25(20)35(2)28(41)38(21)22-6-7-23(39)32-27(22)40/h3-5,15-18,22,26H,6-14,31H2,1-2H3,(H,32,39,40). The largest absolute Gasteiger partial charge is 0.396 e. The highest BCUT2D eigenvalue weighted by Gasteiger charge is 2.35. The molecule has 2 aliphatic heterocycles. The number of benzene rings is 1. The highest BCUT2D eigenvalue weighted by molar-refractivity contribution is 6.00. The Morgan fingerprint density at radius 1 is 1.15 bits per heavy atom. The van der Waals surface area contributed by atoms with E-state index in [-0.39, 0.29) is 35.4 Å².